The van der Waals surface area contributed by atoms with E-state index in [1.54, 1.807) is 24.6 Å². The number of aromatic nitrogens is 3. The lowest BCUT2D eigenvalue weighted by atomic mass is 10.0. The Bertz CT molecular complexity index is 1080. The summed E-state index contributed by atoms with van der Waals surface area (Å²) in [7, 11) is 1.50. The predicted octanol–water partition coefficient (Wildman–Crippen LogP) is 5.20. The number of hydrogen-bond donors (Lipinski definition) is 1. The van der Waals surface area contributed by atoms with Gasteiger partial charge in [0.15, 0.2) is 0 Å². The van der Waals surface area contributed by atoms with E-state index >= 15 is 8.78 Å². The molecule has 3 heterocycles. The maximum absolute atomic E-state index is 15.2. The van der Waals surface area contributed by atoms with Gasteiger partial charge in [0.1, 0.15) is 24.3 Å². The molecule has 1 aromatic heterocycles. The summed E-state index contributed by atoms with van der Waals surface area (Å²) in [5.74, 6) is -0.428. The standard InChI is InChI=1S/C25H29F2N5S.CH5N/c1-17-12-30(14-24(17)31-15-28-29-16-31)23-11-21(26)20(10-22(23)27)13-32-18(2)8-9-25(33-32)19-6-4-3-5-7-19;1-2/h3-7,10-11,15-18,24-25H,8-9,12-14H2,1-2H3;2H2,1H3/t17?,18-,24?,25?;/m0./s1. The van der Waals surface area contributed by atoms with Crippen molar-refractivity contribution in [1.82, 2.24) is 19.1 Å². The maximum Gasteiger partial charge on any atom is 0.147 e. The van der Waals surface area contributed by atoms with Crippen molar-refractivity contribution in [2.24, 2.45) is 11.7 Å². The fourth-order valence-electron chi connectivity index (χ4n) is 4.97. The molecular formula is C26H34F2N6S. The van der Waals surface area contributed by atoms with Crippen molar-refractivity contribution in [3.05, 3.63) is 77.9 Å². The van der Waals surface area contributed by atoms with Gasteiger partial charge in [-0.05, 0) is 44.4 Å². The molecule has 0 spiro atoms. The van der Waals surface area contributed by atoms with Crippen LogP contribution in [0.15, 0.2) is 55.1 Å². The summed E-state index contributed by atoms with van der Waals surface area (Å²) < 4.78 is 34.6. The van der Waals surface area contributed by atoms with Crippen LogP contribution in [0.3, 0.4) is 0 Å². The zero-order chi connectivity index (χ0) is 24.9. The molecule has 2 aliphatic heterocycles. The van der Waals surface area contributed by atoms with Crippen molar-refractivity contribution in [1.29, 1.82) is 0 Å². The first kappa shape index (κ1) is 25.6. The number of hydrogen-bond acceptors (Lipinski definition) is 6. The molecule has 0 saturated carbocycles. The first-order chi connectivity index (χ1) is 17.0. The Labute approximate surface area is 210 Å². The van der Waals surface area contributed by atoms with Gasteiger partial charge in [-0.3, -0.25) is 0 Å². The number of nitrogens with zero attached hydrogens (tertiary/aromatic N) is 5. The molecule has 9 heteroatoms. The zero-order valence-corrected chi connectivity index (χ0v) is 21.3. The van der Waals surface area contributed by atoms with Gasteiger partial charge in [-0.25, -0.2) is 13.1 Å². The second kappa shape index (κ2) is 11.5. The molecule has 4 atom stereocenters. The average Bonchev–Trinajstić information content (AvgIpc) is 3.54. The molecule has 2 aromatic carbocycles. The molecule has 5 rings (SSSR count). The largest absolute Gasteiger partial charge is 0.367 e. The Balaban J connectivity index is 0.00000141. The number of halogens is 2. The summed E-state index contributed by atoms with van der Waals surface area (Å²) in [6, 6.07) is 13.6. The van der Waals surface area contributed by atoms with Crippen LogP contribution in [0.2, 0.25) is 0 Å². The molecule has 2 fully saturated rings. The minimum Gasteiger partial charge on any atom is -0.367 e. The molecule has 3 aromatic rings. The van der Waals surface area contributed by atoms with Gasteiger partial charge in [-0.2, -0.15) is 0 Å². The van der Waals surface area contributed by atoms with Crippen molar-refractivity contribution < 1.29 is 8.78 Å². The van der Waals surface area contributed by atoms with Gasteiger partial charge >= 0.3 is 0 Å². The molecule has 2 saturated heterocycles. The molecule has 188 valence electrons. The summed E-state index contributed by atoms with van der Waals surface area (Å²) in [5, 5.41) is 8.11. The van der Waals surface area contributed by atoms with Crippen LogP contribution in [-0.2, 0) is 6.54 Å². The second-order valence-electron chi connectivity index (χ2n) is 9.26. The first-order valence-electron chi connectivity index (χ1n) is 12.1. The molecule has 0 bridgehead atoms. The SMILES string of the molecule is CC1CN(c2cc(F)c(CN3SC(c4ccccc4)CC[C@@H]3C)cc2F)CC1n1cnnc1.CN. The van der Waals surface area contributed by atoms with Gasteiger partial charge in [-0.1, -0.05) is 49.2 Å². The zero-order valence-electron chi connectivity index (χ0n) is 20.5. The quantitative estimate of drug-likeness (QED) is 0.486. The summed E-state index contributed by atoms with van der Waals surface area (Å²) >= 11 is 1.75. The molecule has 6 nitrogen and oxygen atoms in total. The third kappa shape index (κ3) is 5.68. The number of anilines is 1. The third-order valence-corrected chi connectivity index (χ3v) is 8.47. The fraction of sp³-hybridized carbons (Fsp3) is 0.462. The molecule has 2 aliphatic rings. The summed E-state index contributed by atoms with van der Waals surface area (Å²) in [4.78, 5) is 1.93. The van der Waals surface area contributed by atoms with E-state index < -0.39 is 0 Å². The van der Waals surface area contributed by atoms with E-state index in [0.717, 1.165) is 12.8 Å². The van der Waals surface area contributed by atoms with Gasteiger partial charge in [0, 0.05) is 42.6 Å². The molecular weight excluding hydrogens is 466 g/mol. The Morgan fingerprint density at radius 1 is 0.971 bits per heavy atom. The van der Waals surface area contributed by atoms with Crippen LogP contribution in [-0.4, -0.2) is 45.2 Å². The van der Waals surface area contributed by atoms with Crippen LogP contribution in [0.1, 0.15) is 49.1 Å². The second-order valence-corrected chi connectivity index (χ2v) is 10.5. The van der Waals surface area contributed by atoms with Gasteiger partial charge < -0.3 is 15.2 Å². The van der Waals surface area contributed by atoms with E-state index in [9.17, 15) is 0 Å². The predicted molar refractivity (Wildman–Crippen MR) is 138 cm³/mol. The molecule has 3 unspecified atom stereocenters. The van der Waals surface area contributed by atoms with Crippen LogP contribution in [0.25, 0.3) is 0 Å². The highest BCUT2D eigenvalue weighted by Crippen LogP contribution is 2.43. The van der Waals surface area contributed by atoms with E-state index in [1.807, 2.05) is 15.5 Å². The smallest absolute Gasteiger partial charge is 0.147 e. The van der Waals surface area contributed by atoms with Gasteiger partial charge in [0.2, 0.25) is 0 Å². The number of nitrogens with two attached hydrogens (primary N) is 1. The molecule has 35 heavy (non-hydrogen) atoms. The first-order valence-corrected chi connectivity index (χ1v) is 13.0. The van der Waals surface area contributed by atoms with E-state index in [1.165, 1.54) is 24.7 Å². The Hall–Kier alpha value is -2.49. The monoisotopic (exact) mass is 500 g/mol. The van der Waals surface area contributed by atoms with Crippen molar-refractivity contribution in [2.45, 2.75) is 50.6 Å². The lowest BCUT2D eigenvalue weighted by molar-refractivity contribution is 0.317. The maximum atomic E-state index is 15.2. The van der Waals surface area contributed by atoms with E-state index in [2.05, 4.69) is 58.3 Å². The third-order valence-electron chi connectivity index (χ3n) is 6.95. The lowest BCUT2D eigenvalue weighted by Crippen LogP contribution is -2.32. The van der Waals surface area contributed by atoms with Crippen molar-refractivity contribution in [2.75, 3.05) is 25.0 Å². The van der Waals surface area contributed by atoms with Crippen LogP contribution in [0, 0.1) is 17.6 Å². The van der Waals surface area contributed by atoms with E-state index in [-0.39, 0.29) is 23.6 Å². The minimum absolute atomic E-state index is 0.141. The van der Waals surface area contributed by atoms with Crippen molar-refractivity contribution >= 4 is 17.6 Å². The molecule has 0 amide bonds. The molecule has 0 radical (unpaired) electrons. The van der Waals surface area contributed by atoms with E-state index in [0.29, 0.717) is 42.2 Å². The highest BCUT2D eigenvalue weighted by molar-refractivity contribution is 7.97. The average molecular weight is 501 g/mol. The Morgan fingerprint density at radius 3 is 2.40 bits per heavy atom. The van der Waals surface area contributed by atoms with Crippen molar-refractivity contribution in [3.63, 3.8) is 0 Å². The van der Waals surface area contributed by atoms with Crippen LogP contribution < -0.4 is 10.6 Å². The minimum atomic E-state index is -0.364. The van der Waals surface area contributed by atoms with Crippen LogP contribution in [0.5, 0.6) is 0 Å². The highest BCUT2D eigenvalue weighted by atomic mass is 32.2. The van der Waals surface area contributed by atoms with Gasteiger partial charge in [-0.15, -0.1) is 10.2 Å². The van der Waals surface area contributed by atoms with Crippen LogP contribution in [0.4, 0.5) is 14.5 Å². The van der Waals surface area contributed by atoms with Gasteiger partial charge in [0.05, 0.1) is 11.7 Å². The molecule has 2 N–H and O–H groups in total. The summed E-state index contributed by atoms with van der Waals surface area (Å²) in [6.07, 6.45) is 5.49. The number of rotatable bonds is 5. The number of benzene rings is 2. The Morgan fingerprint density at radius 2 is 1.69 bits per heavy atom. The molecule has 0 aliphatic carbocycles. The fourth-order valence-corrected chi connectivity index (χ4v) is 6.34. The Kier molecular flexibility index (Phi) is 8.41. The topological polar surface area (TPSA) is 63.2 Å². The van der Waals surface area contributed by atoms with Crippen LogP contribution >= 0.6 is 11.9 Å². The summed E-state index contributed by atoms with van der Waals surface area (Å²) in [5.41, 5.74) is 6.53. The summed E-state index contributed by atoms with van der Waals surface area (Å²) in [6.45, 7) is 5.93. The van der Waals surface area contributed by atoms with Gasteiger partial charge in [0.25, 0.3) is 0 Å². The van der Waals surface area contributed by atoms with E-state index in [4.69, 9.17) is 0 Å². The van der Waals surface area contributed by atoms with Crippen molar-refractivity contribution in [3.8, 4) is 0 Å². The highest BCUT2D eigenvalue weighted by Gasteiger charge is 2.33. The normalized spacial score (nSPS) is 24.8. The lowest BCUT2D eigenvalue weighted by Gasteiger charge is -2.37.